The number of carbonyl (C=O) groups excluding carboxylic acids is 2. The fourth-order valence-electron chi connectivity index (χ4n) is 4.35. The molecule has 2 heterocycles. The van der Waals surface area contributed by atoms with E-state index in [1.807, 2.05) is 12.1 Å². The van der Waals surface area contributed by atoms with Crippen molar-refractivity contribution in [3.63, 3.8) is 0 Å². The predicted molar refractivity (Wildman–Crippen MR) is 109 cm³/mol. The molecule has 2 unspecified atom stereocenters. The Labute approximate surface area is 170 Å². The molecule has 0 bridgehead atoms. The maximum Gasteiger partial charge on any atom is 0.253 e. The number of nitrogens with zero attached hydrogens (tertiary/aromatic N) is 2. The number of likely N-dealkylation sites (N-methyl/N-ethyl adjacent to an activating group) is 1. The average Bonchev–Trinajstić information content (AvgIpc) is 2.73. The number of nitrogens with one attached hydrogen (secondary N) is 1. The SMILES string of the molecule is CN1Cc2ccccc2C(NC(=O)C2CCCN(C(=O)c3ccc(F)cc3)C2)C1. The van der Waals surface area contributed by atoms with Gasteiger partial charge < -0.3 is 10.2 Å². The van der Waals surface area contributed by atoms with Gasteiger partial charge in [0.1, 0.15) is 5.82 Å². The van der Waals surface area contributed by atoms with Crippen molar-refractivity contribution in [2.75, 3.05) is 26.7 Å². The van der Waals surface area contributed by atoms with Crippen LogP contribution in [-0.4, -0.2) is 48.3 Å². The van der Waals surface area contributed by atoms with Crippen LogP contribution in [0.15, 0.2) is 48.5 Å². The lowest BCUT2D eigenvalue weighted by Gasteiger charge is -2.36. The minimum atomic E-state index is -0.366. The standard InChI is InChI=1S/C23H26FN3O2/c1-26-13-17-5-2-3-7-20(17)21(15-26)25-22(28)18-6-4-12-27(14-18)23(29)16-8-10-19(24)11-9-16/h2-3,5,7-11,18,21H,4,6,12-15H2,1H3,(H,25,28). The van der Waals surface area contributed by atoms with Gasteiger partial charge in [-0.05, 0) is 55.3 Å². The fraction of sp³-hybridized carbons (Fsp3) is 0.391. The van der Waals surface area contributed by atoms with Crippen LogP contribution in [0.4, 0.5) is 4.39 Å². The number of carbonyl (C=O) groups is 2. The number of benzene rings is 2. The molecule has 152 valence electrons. The summed E-state index contributed by atoms with van der Waals surface area (Å²) in [5.74, 6) is -0.746. The highest BCUT2D eigenvalue weighted by Crippen LogP contribution is 2.27. The molecule has 29 heavy (non-hydrogen) atoms. The van der Waals surface area contributed by atoms with Crippen molar-refractivity contribution >= 4 is 11.8 Å². The summed E-state index contributed by atoms with van der Waals surface area (Å²) in [6, 6.07) is 13.7. The van der Waals surface area contributed by atoms with Crippen LogP contribution in [0.1, 0.15) is 40.4 Å². The molecular formula is C23H26FN3O2. The first-order valence-electron chi connectivity index (χ1n) is 10.1. The Morgan fingerprint density at radius 3 is 2.62 bits per heavy atom. The second-order valence-electron chi connectivity index (χ2n) is 8.05. The van der Waals surface area contributed by atoms with Crippen LogP contribution in [0, 0.1) is 11.7 Å². The highest BCUT2D eigenvalue weighted by atomic mass is 19.1. The third-order valence-electron chi connectivity index (χ3n) is 5.85. The van der Waals surface area contributed by atoms with Gasteiger partial charge in [-0.1, -0.05) is 24.3 Å². The van der Waals surface area contributed by atoms with Gasteiger partial charge >= 0.3 is 0 Å². The fourth-order valence-corrected chi connectivity index (χ4v) is 4.35. The minimum Gasteiger partial charge on any atom is -0.348 e. The van der Waals surface area contributed by atoms with Crippen molar-refractivity contribution in [1.82, 2.24) is 15.1 Å². The maximum atomic E-state index is 13.1. The van der Waals surface area contributed by atoms with Crippen LogP contribution in [0.5, 0.6) is 0 Å². The summed E-state index contributed by atoms with van der Waals surface area (Å²) in [4.78, 5) is 29.7. The van der Waals surface area contributed by atoms with Gasteiger partial charge in [0.25, 0.3) is 5.91 Å². The number of hydrogen-bond donors (Lipinski definition) is 1. The molecule has 5 nitrogen and oxygen atoms in total. The van der Waals surface area contributed by atoms with E-state index in [1.54, 1.807) is 4.90 Å². The Balaban J connectivity index is 1.43. The molecular weight excluding hydrogens is 369 g/mol. The van der Waals surface area contributed by atoms with E-state index < -0.39 is 0 Å². The molecule has 2 aliphatic rings. The normalized spacial score (nSPS) is 22.1. The Bertz CT molecular complexity index is 899. The van der Waals surface area contributed by atoms with Gasteiger partial charge in [-0.2, -0.15) is 0 Å². The van der Waals surface area contributed by atoms with Crippen molar-refractivity contribution in [3.05, 3.63) is 71.0 Å². The summed E-state index contributed by atoms with van der Waals surface area (Å²) in [6.45, 7) is 2.67. The predicted octanol–water partition coefficient (Wildman–Crippen LogP) is 2.98. The third kappa shape index (κ3) is 4.32. The lowest BCUT2D eigenvalue weighted by atomic mass is 9.93. The molecule has 0 spiro atoms. The van der Waals surface area contributed by atoms with Gasteiger partial charge in [0.15, 0.2) is 0 Å². The Hall–Kier alpha value is -2.73. The van der Waals surface area contributed by atoms with Crippen molar-refractivity contribution in [3.8, 4) is 0 Å². The summed E-state index contributed by atoms with van der Waals surface area (Å²) in [5, 5.41) is 3.21. The molecule has 0 aliphatic carbocycles. The topological polar surface area (TPSA) is 52.7 Å². The number of piperidine rings is 1. The largest absolute Gasteiger partial charge is 0.348 e. The van der Waals surface area contributed by atoms with E-state index in [1.165, 1.54) is 35.4 Å². The molecule has 4 rings (SSSR count). The minimum absolute atomic E-state index is 0.00305. The molecule has 2 amide bonds. The zero-order valence-electron chi connectivity index (χ0n) is 16.6. The lowest BCUT2D eigenvalue weighted by Crippen LogP contribution is -2.48. The average molecular weight is 395 g/mol. The molecule has 2 aliphatic heterocycles. The number of likely N-dealkylation sites (tertiary alicyclic amines) is 1. The Morgan fingerprint density at radius 1 is 1.07 bits per heavy atom. The quantitative estimate of drug-likeness (QED) is 0.869. The van der Waals surface area contributed by atoms with Gasteiger partial charge in [0.2, 0.25) is 5.91 Å². The molecule has 1 N–H and O–H groups in total. The van der Waals surface area contributed by atoms with E-state index in [0.717, 1.165) is 25.9 Å². The summed E-state index contributed by atoms with van der Waals surface area (Å²) in [5.41, 5.74) is 2.87. The zero-order chi connectivity index (χ0) is 20.4. The van der Waals surface area contributed by atoms with E-state index >= 15 is 0 Å². The second kappa shape index (κ2) is 8.33. The number of amides is 2. The van der Waals surface area contributed by atoms with Crippen LogP contribution in [0.3, 0.4) is 0 Å². The van der Waals surface area contributed by atoms with Gasteiger partial charge in [-0.25, -0.2) is 4.39 Å². The van der Waals surface area contributed by atoms with Gasteiger partial charge in [-0.15, -0.1) is 0 Å². The number of rotatable bonds is 3. The van der Waals surface area contributed by atoms with E-state index in [4.69, 9.17) is 0 Å². The van der Waals surface area contributed by atoms with E-state index in [-0.39, 0.29) is 29.6 Å². The molecule has 1 fully saturated rings. The van der Waals surface area contributed by atoms with Crippen LogP contribution in [-0.2, 0) is 11.3 Å². The molecule has 1 saturated heterocycles. The van der Waals surface area contributed by atoms with Crippen molar-refractivity contribution in [2.24, 2.45) is 5.92 Å². The van der Waals surface area contributed by atoms with Crippen LogP contribution in [0.2, 0.25) is 0 Å². The van der Waals surface area contributed by atoms with Gasteiger partial charge in [-0.3, -0.25) is 14.5 Å². The number of halogens is 1. The van der Waals surface area contributed by atoms with Crippen LogP contribution >= 0.6 is 0 Å². The number of hydrogen-bond acceptors (Lipinski definition) is 3. The molecule has 2 aromatic rings. The van der Waals surface area contributed by atoms with Crippen LogP contribution in [0.25, 0.3) is 0 Å². The van der Waals surface area contributed by atoms with E-state index in [2.05, 4.69) is 29.4 Å². The van der Waals surface area contributed by atoms with Crippen molar-refractivity contribution in [2.45, 2.75) is 25.4 Å². The van der Waals surface area contributed by atoms with Crippen molar-refractivity contribution < 1.29 is 14.0 Å². The smallest absolute Gasteiger partial charge is 0.253 e. The first-order valence-corrected chi connectivity index (χ1v) is 10.1. The van der Waals surface area contributed by atoms with Gasteiger partial charge in [0, 0.05) is 31.7 Å². The van der Waals surface area contributed by atoms with E-state index in [0.29, 0.717) is 18.7 Å². The maximum absolute atomic E-state index is 13.1. The summed E-state index contributed by atoms with van der Waals surface area (Å²) in [7, 11) is 2.05. The van der Waals surface area contributed by atoms with Crippen LogP contribution < -0.4 is 5.32 Å². The van der Waals surface area contributed by atoms with Gasteiger partial charge in [0.05, 0.1) is 12.0 Å². The summed E-state index contributed by atoms with van der Waals surface area (Å²) < 4.78 is 13.1. The molecule has 0 aromatic heterocycles. The zero-order valence-corrected chi connectivity index (χ0v) is 16.6. The third-order valence-corrected chi connectivity index (χ3v) is 5.85. The molecule has 0 saturated carbocycles. The first kappa shape index (κ1) is 19.6. The van der Waals surface area contributed by atoms with E-state index in [9.17, 15) is 14.0 Å². The highest BCUT2D eigenvalue weighted by molar-refractivity contribution is 5.94. The Kier molecular flexibility index (Phi) is 5.62. The molecule has 6 heteroatoms. The van der Waals surface area contributed by atoms with Crippen molar-refractivity contribution in [1.29, 1.82) is 0 Å². The molecule has 2 atom stereocenters. The second-order valence-corrected chi connectivity index (χ2v) is 8.05. The summed E-state index contributed by atoms with van der Waals surface area (Å²) >= 11 is 0. The molecule has 2 aromatic carbocycles. The monoisotopic (exact) mass is 395 g/mol. The first-order chi connectivity index (χ1) is 14.0. The Morgan fingerprint density at radius 2 is 1.83 bits per heavy atom. The highest BCUT2D eigenvalue weighted by Gasteiger charge is 2.31. The molecule has 0 radical (unpaired) electrons. The lowest BCUT2D eigenvalue weighted by molar-refractivity contribution is -0.127. The number of fused-ring (bicyclic) bond motifs is 1. The summed E-state index contributed by atoms with van der Waals surface area (Å²) in [6.07, 6.45) is 1.55.